The minimum Gasteiger partial charge on any atom is -0.330 e. The highest BCUT2D eigenvalue weighted by atomic mass is 16.1. The van der Waals surface area contributed by atoms with Gasteiger partial charge in [0.1, 0.15) is 6.29 Å². The summed E-state index contributed by atoms with van der Waals surface area (Å²) in [7, 11) is 2.20. The lowest BCUT2D eigenvalue weighted by molar-refractivity contribution is -0.106. The zero-order valence-corrected chi connectivity index (χ0v) is 13.0. The summed E-state index contributed by atoms with van der Waals surface area (Å²) in [5, 5.41) is 0. The molecule has 0 spiro atoms. The van der Waals surface area contributed by atoms with Crippen LogP contribution < -0.4 is 5.73 Å². The van der Waals surface area contributed by atoms with Gasteiger partial charge < -0.3 is 15.4 Å². The SMILES string of the molecule is CC1CCN(C)CC1.CC=O.CCCCCCN. The van der Waals surface area contributed by atoms with E-state index in [0.717, 1.165) is 18.7 Å². The summed E-state index contributed by atoms with van der Waals surface area (Å²) in [6.07, 6.45) is 8.71. The normalized spacial score (nSPS) is 16.1. The maximum absolute atomic E-state index is 8.81. The van der Waals surface area contributed by atoms with Crippen molar-refractivity contribution in [1.29, 1.82) is 0 Å². The van der Waals surface area contributed by atoms with Crippen molar-refractivity contribution in [3.63, 3.8) is 0 Å². The van der Waals surface area contributed by atoms with Crippen LogP contribution in [-0.4, -0.2) is 37.9 Å². The van der Waals surface area contributed by atoms with E-state index in [9.17, 15) is 0 Å². The average molecular weight is 258 g/mol. The lowest BCUT2D eigenvalue weighted by atomic mass is 10.00. The van der Waals surface area contributed by atoms with Crippen molar-refractivity contribution < 1.29 is 4.79 Å². The number of nitrogens with zero attached hydrogens (tertiary/aromatic N) is 1. The second-order valence-corrected chi connectivity index (χ2v) is 5.07. The second-order valence-electron chi connectivity index (χ2n) is 5.07. The van der Waals surface area contributed by atoms with Crippen LogP contribution in [0.2, 0.25) is 0 Å². The fourth-order valence-corrected chi connectivity index (χ4v) is 1.71. The van der Waals surface area contributed by atoms with Gasteiger partial charge >= 0.3 is 0 Å². The van der Waals surface area contributed by atoms with E-state index in [1.807, 2.05) is 0 Å². The number of piperidine rings is 1. The van der Waals surface area contributed by atoms with Crippen LogP contribution in [0, 0.1) is 5.92 Å². The molecule has 0 bridgehead atoms. The molecule has 0 atom stereocenters. The summed E-state index contributed by atoms with van der Waals surface area (Å²) in [6.45, 7) is 9.46. The Morgan fingerprint density at radius 2 is 1.72 bits per heavy atom. The third kappa shape index (κ3) is 18.0. The first-order valence-electron chi connectivity index (χ1n) is 7.40. The molecule has 18 heavy (non-hydrogen) atoms. The quantitative estimate of drug-likeness (QED) is 0.622. The first-order valence-corrected chi connectivity index (χ1v) is 7.40. The molecule has 0 aliphatic carbocycles. The Kier molecular flexibility index (Phi) is 18.4. The number of carbonyl (C=O) groups is 1. The summed E-state index contributed by atoms with van der Waals surface area (Å²) in [5.74, 6) is 0.978. The van der Waals surface area contributed by atoms with E-state index >= 15 is 0 Å². The maximum Gasteiger partial charge on any atom is 0.116 e. The van der Waals surface area contributed by atoms with Crippen LogP contribution in [0.1, 0.15) is 59.3 Å². The third-order valence-corrected chi connectivity index (χ3v) is 3.06. The van der Waals surface area contributed by atoms with E-state index in [1.165, 1.54) is 58.5 Å². The Morgan fingerprint density at radius 3 is 2.06 bits per heavy atom. The lowest BCUT2D eigenvalue weighted by Gasteiger charge is -2.26. The monoisotopic (exact) mass is 258 g/mol. The summed E-state index contributed by atoms with van der Waals surface area (Å²) in [5.41, 5.74) is 5.27. The minimum atomic E-state index is 0.750. The van der Waals surface area contributed by atoms with Gasteiger partial charge in [-0.25, -0.2) is 0 Å². The molecule has 110 valence electrons. The number of hydrogen-bond donors (Lipinski definition) is 1. The highest BCUT2D eigenvalue weighted by Gasteiger charge is 2.10. The fraction of sp³-hybridized carbons (Fsp3) is 0.933. The van der Waals surface area contributed by atoms with E-state index in [2.05, 4.69) is 25.8 Å². The van der Waals surface area contributed by atoms with Crippen LogP contribution in [0.25, 0.3) is 0 Å². The fourth-order valence-electron chi connectivity index (χ4n) is 1.71. The molecule has 1 rings (SSSR count). The summed E-state index contributed by atoms with van der Waals surface area (Å²) in [4.78, 5) is 11.2. The molecule has 0 amide bonds. The number of likely N-dealkylation sites (tertiary alicyclic amines) is 1. The Morgan fingerprint density at radius 1 is 1.22 bits per heavy atom. The maximum atomic E-state index is 8.81. The van der Waals surface area contributed by atoms with Crippen LogP contribution in [-0.2, 0) is 4.79 Å². The number of nitrogens with two attached hydrogens (primary N) is 1. The van der Waals surface area contributed by atoms with Crippen molar-refractivity contribution >= 4 is 6.29 Å². The summed E-state index contributed by atoms with van der Waals surface area (Å²) < 4.78 is 0. The summed E-state index contributed by atoms with van der Waals surface area (Å²) >= 11 is 0. The van der Waals surface area contributed by atoms with Gasteiger partial charge in [-0.15, -0.1) is 0 Å². The van der Waals surface area contributed by atoms with Gasteiger partial charge in [-0.05, 0) is 58.8 Å². The van der Waals surface area contributed by atoms with Crippen molar-refractivity contribution in [1.82, 2.24) is 4.90 Å². The summed E-state index contributed by atoms with van der Waals surface area (Å²) in [6, 6.07) is 0. The van der Waals surface area contributed by atoms with Gasteiger partial charge in [0, 0.05) is 0 Å². The van der Waals surface area contributed by atoms with Gasteiger partial charge in [0.25, 0.3) is 0 Å². The topological polar surface area (TPSA) is 46.3 Å². The Balaban J connectivity index is 0. The molecule has 0 aromatic heterocycles. The Hall–Kier alpha value is -0.410. The zero-order chi connectivity index (χ0) is 14.2. The van der Waals surface area contributed by atoms with E-state index in [-0.39, 0.29) is 0 Å². The molecule has 3 heteroatoms. The lowest BCUT2D eigenvalue weighted by Crippen LogP contribution is -2.28. The molecule has 1 fully saturated rings. The highest BCUT2D eigenvalue weighted by Crippen LogP contribution is 2.13. The molecule has 2 N–H and O–H groups in total. The average Bonchev–Trinajstić information content (AvgIpc) is 2.36. The second kappa shape index (κ2) is 16.6. The molecule has 0 unspecified atom stereocenters. The molecule has 0 saturated carbocycles. The first-order chi connectivity index (χ1) is 8.62. The third-order valence-electron chi connectivity index (χ3n) is 3.06. The zero-order valence-electron chi connectivity index (χ0n) is 13.0. The number of carbonyl (C=O) groups excluding carboxylic acids is 1. The first kappa shape index (κ1) is 19.9. The predicted octanol–water partition coefficient (Wildman–Crippen LogP) is 3.08. The van der Waals surface area contributed by atoms with Crippen LogP contribution in [0.5, 0.6) is 0 Å². The van der Waals surface area contributed by atoms with E-state index in [4.69, 9.17) is 10.5 Å². The largest absolute Gasteiger partial charge is 0.330 e. The van der Waals surface area contributed by atoms with Gasteiger partial charge in [-0.3, -0.25) is 0 Å². The number of rotatable bonds is 4. The Bertz CT molecular complexity index is 141. The molecule has 0 aromatic rings. The number of hydrogen-bond acceptors (Lipinski definition) is 3. The molecule has 3 nitrogen and oxygen atoms in total. The minimum absolute atomic E-state index is 0.750. The molecule has 1 aliphatic heterocycles. The van der Waals surface area contributed by atoms with Gasteiger partial charge in [0.2, 0.25) is 0 Å². The van der Waals surface area contributed by atoms with Gasteiger partial charge in [0.15, 0.2) is 0 Å². The van der Waals surface area contributed by atoms with Crippen LogP contribution in [0.3, 0.4) is 0 Å². The van der Waals surface area contributed by atoms with Gasteiger partial charge in [0.05, 0.1) is 0 Å². The highest BCUT2D eigenvalue weighted by molar-refractivity contribution is 5.44. The molecular weight excluding hydrogens is 224 g/mol. The van der Waals surface area contributed by atoms with Crippen molar-refractivity contribution in [2.45, 2.75) is 59.3 Å². The van der Waals surface area contributed by atoms with Gasteiger partial charge in [-0.2, -0.15) is 0 Å². The van der Waals surface area contributed by atoms with E-state index in [1.54, 1.807) is 0 Å². The molecule has 1 saturated heterocycles. The smallest absolute Gasteiger partial charge is 0.116 e. The molecule has 1 aliphatic rings. The van der Waals surface area contributed by atoms with Crippen molar-refractivity contribution in [2.24, 2.45) is 11.7 Å². The van der Waals surface area contributed by atoms with Crippen LogP contribution >= 0.6 is 0 Å². The van der Waals surface area contributed by atoms with Crippen molar-refractivity contribution in [2.75, 3.05) is 26.7 Å². The molecule has 0 aromatic carbocycles. The molecular formula is C15H34N2O. The van der Waals surface area contributed by atoms with Crippen molar-refractivity contribution in [3.8, 4) is 0 Å². The van der Waals surface area contributed by atoms with Crippen LogP contribution in [0.4, 0.5) is 0 Å². The standard InChI is InChI=1S/C7H15N.C6H15N.C2H4O/c1-7-3-5-8(2)6-4-7;1-2-3-4-5-6-7;1-2-3/h7H,3-6H2,1-2H3;2-7H2,1H3;2H,1H3. The molecule has 1 heterocycles. The van der Waals surface area contributed by atoms with Gasteiger partial charge in [-0.1, -0.05) is 33.1 Å². The molecule has 0 radical (unpaired) electrons. The number of aldehydes is 1. The van der Waals surface area contributed by atoms with Crippen molar-refractivity contribution in [3.05, 3.63) is 0 Å². The number of unbranched alkanes of at least 4 members (excludes halogenated alkanes) is 3. The van der Waals surface area contributed by atoms with E-state index < -0.39 is 0 Å². The van der Waals surface area contributed by atoms with E-state index in [0.29, 0.717) is 0 Å². The Labute approximate surface area is 114 Å². The van der Waals surface area contributed by atoms with Crippen LogP contribution in [0.15, 0.2) is 0 Å². The predicted molar refractivity (Wildman–Crippen MR) is 80.8 cm³/mol.